The number of aryl methyl sites for hydroxylation is 1. The van der Waals surface area contributed by atoms with Crippen molar-refractivity contribution in [1.29, 1.82) is 0 Å². The van der Waals surface area contributed by atoms with E-state index in [1.165, 1.54) is 17.7 Å². The minimum Gasteiger partial charge on any atom is -0.371 e. The largest absolute Gasteiger partial charge is 0.371 e. The Morgan fingerprint density at radius 2 is 2.14 bits per heavy atom. The van der Waals surface area contributed by atoms with E-state index < -0.39 is 0 Å². The van der Waals surface area contributed by atoms with Crippen LogP contribution in [0.5, 0.6) is 0 Å². The topological polar surface area (TPSA) is 52.6 Å². The summed E-state index contributed by atoms with van der Waals surface area (Å²) >= 11 is 6.18. The van der Waals surface area contributed by atoms with Gasteiger partial charge in [0, 0.05) is 62.2 Å². The molecular formula is C21H29ClIN5. The summed E-state index contributed by atoms with van der Waals surface area (Å²) in [5.74, 6) is 1.45. The summed E-state index contributed by atoms with van der Waals surface area (Å²) in [6.07, 6.45) is 3.88. The summed E-state index contributed by atoms with van der Waals surface area (Å²) in [6.45, 7) is 5.98. The highest BCUT2D eigenvalue weighted by atomic mass is 127. The maximum Gasteiger partial charge on any atom is 0.190 e. The highest BCUT2D eigenvalue weighted by molar-refractivity contribution is 14.0. The average molecular weight is 514 g/mol. The summed E-state index contributed by atoms with van der Waals surface area (Å²) in [6, 6.07) is 12.1. The third-order valence-electron chi connectivity index (χ3n) is 4.98. The molecule has 1 aliphatic rings. The molecule has 0 saturated carbocycles. The molecule has 0 radical (unpaired) electrons. The summed E-state index contributed by atoms with van der Waals surface area (Å²) in [4.78, 5) is 11.1. The first-order valence-corrected chi connectivity index (χ1v) is 9.89. The molecule has 1 aliphatic heterocycles. The zero-order chi connectivity index (χ0) is 19.1. The van der Waals surface area contributed by atoms with E-state index in [0.717, 1.165) is 49.3 Å². The minimum absolute atomic E-state index is 0. The van der Waals surface area contributed by atoms with Crippen molar-refractivity contribution in [2.45, 2.75) is 19.8 Å². The van der Waals surface area contributed by atoms with Crippen LogP contribution in [0, 0.1) is 12.8 Å². The van der Waals surface area contributed by atoms with Crippen LogP contribution < -0.4 is 15.5 Å². The van der Waals surface area contributed by atoms with Crippen LogP contribution in [0.25, 0.3) is 0 Å². The van der Waals surface area contributed by atoms with E-state index in [9.17, 15) is 0 Å². The molecule has 2 N–H and O–H groups in total. The molecule has 2 aromatic rings. The third kappa shape index (κ3) is 6.51. The molecule has 0 bridgehead atoms. The second kappa shape index (κ2) is 11.5. The van der Waals surface area contributed by atoms with Gasteiger partial charge in [-0.25, -0.2) is 0 Å². The molecule has 1 fully saturated rings. The molecule has 0 aliphatic carbocycles. The second-order valence-corrected chi connectivity index (χ2v) is 7.42. The smallest absolute Gasteiger partial charge is 0.190 e. The van der Waals surface area contributed by atoms with Gasteiger partial charge in [0.1, 0.15) is 0 Å². The molecular weight excluding hydrogens is 485 g/mol. The van der Waals surface area contributed by atoms with E-state index in [0.29, 0.717) is 5.92 Å². The summed E-state index contributed by atoms with van der Waals surface area (Å²) < 4.78 is 0. The standard InChI is InChI=1S/C21H28ClN5.HI/c1-16-6-7-18(22)13-20(16)27-12-9-17(15-27)14-26-21(23-2)25-11-8-19-5-3-4-10-24-19;/h3-7,10,13,17H,8-9,11-12,14-15H2,1-2H3,(H2,23,25,26);1H. The van der Waals surface area contributed by atoms with Crippen molar-refractivity contribution in [2.75, 3.05) is 38.1 Å². The van der Waals surface area contributed by atoms with Crippen molar-refractivity contribution in [1.82, 2.24) is 15.6 Å². The Hall–Kier alpha value is -1.54. The number of nitrogens with one attached hydrogen (secondary N) is 2. The number of benzene rings is 1. The Morgan fingerprint density at radius 1 is 1.29 bits per heavy atom. The number of hydrogen-bond donors (Lipinski definition) is 2. The molecule has 152 valence electrons. The van der Waals surface area contributed by atoms with E-state index >= 15 is 0 Å². The van der Waals surface area contributed by atoms with Crippen LogP contribution in [-0.4, -0.2) is 44.2 Å². The molecule has 1 aromatic heterocycles. The molecule has 3 rings (SSSR count). The number of aliphatic imine (C=N–C) groups is 1. The van der Waals surface area contributed by atoms with Gasteiger partial charge in [0.05, 0.1) is 0 Å². The van der Waals surface area contributed by atoms with Crippen LogP contribution >= 0.6 is 35.6 Å². The summed E-state index contributed by atoms with van der Waals surface area (Å²) in [7, 11) is 1.81. The van der Waals surface area contributed by atoms with E-state index in [1.807, 2.05) is 37.5 Å². The van der Waals surface area contributed by atoms with Crippen LogP contribution in [-0.2, 0) is 6.42 Å². The monoisotopic (exact) mass is 513 g/mol. The van der Waals surface area contributed by atoms with E-state index in [2.05, 4.69) is 44.6 Å². The Bertz CT molecular complexity index is 769. The van der Waals surface area contributed by atoms with Gasteiger partial charge in [0.25, 0.3) is 0 Å². The van der Waals surface area contributed by atoms with Crippen LogP contribution in [0.15, 0.2) is 47.6 Å². The Kier molecular flexibility index (Phi) is 9.31. The van der Waals surface area contributed by atoms with Gasteiger partial charge >= 0.3 is 0 Å². The number of guanidine groups is 1. The molecule has 1 aromatic carbocycles. The maximum absolute atomic E-state index is 6.18. The summed E-state index contributed by atoms with van der Waals surface area (Å²) in [5, 5.41) is 7.63. The number of aromatic nitrogens is 1. The second-order valence-electron chi connectivity index (χ2n) is 6.98. The molecule has 1 atom stereocenters. The van der Waals surface area contributed by atoms with Gasteiger partial charge in [-0.1, -0.05) is 23.7 Å². The molecule has 7 heteroatoms. The normalized spacial score (nSPS) is 16.6. The van der Waals surface area contributed by atoms with Crippen molar-refractivity contribution in [2.24, 2.45) is 10.9 Å². The molecule has 2 heterocycles. The van der Waals surface area contributed by atoms with E-state index in [4.69, 9.17) is 11.6 Å². The predicted octanol–water partition coefficient (Wildman–Crippen LogP) is 3.90. The first-order valence-electron chi connectivity index (χ1n) is 9.51. The van der Waals surface area contributed by atoms with Gasteiger partial charge in [0.15, 0.2) is 5.96 Å². The van der Waals surface area contributed by atoms with Crippen molar-refractivity contribution in [3.63, 3.8) is 0 Å². The van der Waals surface area contributed by atoms with Crippen molar-refractivity contribution < 1.29 is 0 Å². The fraction of sp³-hybridized carbons (Fsp3) is 0.429. The first-order chi connectivity index (χ1) is 13.2. The van der Waals surface area contributed by atoms with Gasteiger partial charge < -0.3 is 15.5 Å². The number of anilines is 1. The van der Waals surface area contributed by atoms with Crippen molar-refractivity contribution in [3.8, 4) is 0 Å². The number of nitrogens with zero attached hydrogens (tertiary/aromatic N) is 3. The fourth-order valence-corrected chi connectivity index (χ4v) is 3.62. The Balaban J connectivity index is 0.00000280. The van der Waals surface area contributed by atoms with E-state index in [-0.39, 0.29) is 24.0 Å². The van der Waals surface area contributed by atoms with Crippen molar-refractivity contribution >= 4 is 47.2 Å². The van der Waals surface area contributed by atoms with Crippen LogP contribution in [0.2, 0.25) is 5.02 Å². The highest BCUT2D eigenvalue weighted by Gasteiger charge is 2.23. The lowest BCUT2D eigenvalue weighted by Crippen LogP contribution is -2.41. The lowest BCUT2D eigenvalue weighted by Gasteiger charge is -2.21. The highest BCUT2D eigenvalue weighted by Crippen LogP contribution is 2.29. The SMILES string of the molecule is CN=C(NCCc1ccccn1)NCC1CCN(c2cc(Cl)ccc2C)C1.I. The predicted molar refractivity (Wildman–Crippen MR) is 129 cm³/mol. The van der Waals surface area contributed by atoms with Crippen LogP contribution in [0.1, 0.15) is 17.7 Å². The number of halogens is 2. The summed E-state index contributed by atoms with van der Waals surface area (Å²) in [5.41, 5.74) is 3.62. The van der Waals surface area contributed by atoms with Gasteiger partial charge in [0.2, 0.25) is 0 Å². The fourth-order valence-electron chi connectivity index (χ4n) is 3.46. The Labute approximate surface area is 190 Å². The third-order valence-corrected chi connectivity index (χ3v) is 5.21. The number of pyridine rings is 1. The van der Waals surface area contributed by atoms with Gasteiger partial charge in [-0.2, -0.15) is 0 Å². The number of rotatable bonds is 6. The quantitative estimate of drug-likeness (QED) is 0.350. The lowest BCUT2D eigenvalue weighted by atomic mass is 10.1. The van der Waals surface area contributed by atoms with E-state index in [1.54, 1.807) is 0 Å². The lowest BCUT2D eigenvalue weighted by molar-refractivity contribution is 0.565. The minimum atomic E-state index is 0. The van der Waals surface area contributed by atoms with Crippen LogP contribution in [0.3, 0.4) is 0 Å². The van der Waals surface area contributed by atoms with Crippen molar-refractivity contribution in [3.05, 3.63) is 58.9 Å². The molecule has 0 amide bonds. The number of hydrogen-bond acceptors (Lipinski definition) is 3. The van der Waals surface area contributed by atoms with Gasteiger partial charge in [-0.3, -0.25) is 9.98 Å². The molecule has 5 nitrogen and oxygen atoms in total. The van der Waals surface area contributed by atoms with Crippen LogP contribution in [0.4, 0.5) is 5.69 Å². The molecule has 1 saturated heterocycles. The zero-order valence-corrected chi connectivity index (χ0v) is 19.6. The Morgan fingerprint density at radius 3 is 2.89 bits per heavy atom. The molecule has 28 heavy (non-hydrogen) atoms. The van der Waals surface area contributed by atoms with Gasteiger partial charge in [-0.15, -0.1) is 24.0 Å². The first kappa shape index (κ1) is 22.7. The average Bonchev–Trinajstić information content (AvgIpc) is 3.16. The molecule has 0 spiro atoms. The molecule has 1 unspecified atom stereocenters. The van der Waals surface area contributed by atoms with Gasteiger partial charge in [-0.05, 0) is 49.1 Å². The zero-order valence-electron chi connectivity index (χ0n) is 16.5. The maximum atomic E-state index is 6.18.